The van der Waals surface area contributed by atoms with Crippen molar-refractivity contribution in [2.24, 2.45) is 5.92 Å². The highest BCUT2D eigenvalue weighted by Crippen LogP contribution is 2.34. The Morgan fingerprint density at radius 3 is 2.66 bits per heavy atom. The predicted molar refractivity (Wildman–Crippen MR) is 116 cm³/mol. The smallest absolute Gasteiger partial charge is 0.255 e. The maximum absolute atomic E-state index is 12.6. The van der Waals surface area contributed by atoms with Gasteiger partial charge in [-0.3, -0.25) is 4.79 Å². The van der Waals surface area contributed by atoms with Crippen molar-refractivity contribution in [1.82, 2.24) is 10.3 Å². The summed E-state index contributed by atoms with van der Waals surface area (Å²) in [5.74, 6) is 2.30. The number of amides is 1. The molecule has 6 heteroatoms. The molecule has 2 N–H and O–H groups in total. The third-order valence-corrected chi connectivity index (χ3v) is 5.15. The van der Waals surface area contributed by atoms with E-state index in [-0.39, 0.29) is 5.91 Å². The fraction of sp³-hybridized carbons (Fsp3) is 0.478. The third-order valence-electron chi connectivity index (χ3n) is 5.15. The standard InChI is InChI=1S/C23H31N3O3/c1-15(2)17-7-10-21(29-4)19(13-17)20-9-8-18(23(27)24-11-12-28-3)22(26-20)25-14-16-5-6-16/h7-10,13,15-16H,5-6,11-12,14H2,1-4H3,(H,24,27)(H,25,26). The van der Waals surface area contributed by atoms with E-state index in [4.69, 9.17) is 14.5 Å². The van der Waals surface area contributed by atoms with Crippen molar-refractivity contribution in [1.29, 1.82) is 0 Å². The van der Waals surface area contributed by atoms with Crippen LogP contribution in [0.5, 0.6) is 5.75 Å². The van der Waals surface area contributed by atoms with Gasteiger partial charge in [-0.2, -0.15) is 0 Å². The van der Waals surface area contributed by atoms with Gasteiger partial charge in [0.25, 0.3) is 5.91 Å². The molecule has 1 fully saturated rings. The number of methoxy groups -OCH3 is 2. The summed E-state index contributed by atoms with van der Waals surface area (Å²) in [5.41, 5.74) is 3.48. The van der Waals surface area contributed by atoms with Crippen molar-refractivity contribution in [2.45, 2.75) is 32.6 Å². The molecule has 1 aliphatic carbocycles. The van der Waals surface area contributed by atoms with E-state index in [9.17, 15) is 4.79 Å². The first-order chi connectivity index (χ1) is 14.0. The summed E-state index contributed by atoms with van der Waals surface area (Å²) < 4.78 is 10.6. The highest BCUT2D eigenvalue weighted by Gasteiger charge is 2.23. The van der Waals surface area contributed by atoms with Gasteiger partial charge in [-0.25, -0.2) is 4.98 Å². The maximum Gasteiger partial charge on any atom is 0.255 e. The minimum absolute atomic E-state index is 0.151. The van der Waals surface area contributed by atoms with Crippen LogP contribution in [0.25, 0.3) is 11.3 Å². The Kier molecular flexibility index (Phi) is 7.09. The average molecular weight is 398 g/mol. The zero-order valence-corrected chi connectivity index (χ0v) is 17.7. The van der Waals surface area contributed by atoms with Crippen LogP contribution in [0.15, 0.2) is 30.3 Å². The number of rotatable bonds is 10. The van der Waals surface area contributed by atoms with Crippen LogP contribution in [0.3, 0.4) is 0 Å². The topological polar surface area (TPSA) is 72.5 Å². The van der Waals surface area contributed by atoms with Gasteiger partial charge in [0.15, 0.2) is 0 Å². The van der Waals surface area contributed by atoms with Gasteiger partial charge in [-0.1, -0.05) is 19.9 Å². The fourth-order valence-electron chi connectivity index (χ4n) is 3.14. The molecule has 0 spiro atoms. The molecule has 156 valence electrons. The monoisotopic (exact) mass is 397 g/mol. The van der Waals surface area contributed by atoms with Gasteiger partial charge in [0.2, 0.25) is 0 Å². The van der Waals surface area contributed by atoms with E-state index in [0.29, 0.717) is 36.4 Å². The van der Waals surface area contributed by atoms with Gasteiger partial charge < -0.3 is 20.1 Å². The lowest BCUT2D eigenvalue weighted by Gasteiger charge is -2.16. The van der Waals surface area contributed by atoms with Crippen LogP contribution in [0.2, 0.25) is 0 Å². The second-order valence-electron chi connectivity index (χ2n) is 7.78. The molecule has 1 saturated carbocycles. The zero-order chi connectivity index (χ0) is 20.8. The van der Waals surface area contributed by atoms with E-state index in [1.807, 2.05) is 18.2 Å². The summed E-state index contributed by atoms with van der Waals surface area (Å²) in [5, 5.41) is 6.27. The van der Waals surface area contributed by atoms with E-state index >= 15 is 0 Å². The molecule has 29 heavy (non-hydrogen) atoms. The summed E-state index contributed by atoms with van der Waals surface area (Å²) >= 11 is 0. The molecular weight excluding hydrogens is 366 g/mol. The lowest BCUT2D eigenvalue weighted by molar-refractivity contribution is 0.0937. The second kappa shape index (κ2) is 9.74. The summed E-state index contributed by atoms with van der Waals surface area (Å²) in [6.45, 7) is 6.09. The van der Waals surface area contributed by atoms with Crippen LogP contribution in [0, 0.1) is 5.92 Å². The molecule has 0 saturated heterocycles. The van der Waals surface area contributed by atoms with Crippen molar-refractivity contribution in [3.63, 3.8) is 0 Å². The Morgan fingerprint density at radius 1 is 1.21 bits per heavy atom. The molecule has 0 aliphatic heterocycles. The zero-order valence-electron chi connectivity index (χ0n) is 17.7. The number of ether oxygens (including phenoxy) is 2. The van der Waals surface area contributed by atoms with Crippen LogP contribution < -0.4 is 15.4 Å². The normalized spacial score (nSPS) is 13.4. The highest BCUT2D eigenvalue weighted by atomic mass is 16.5. The fourth-order valence-corrected chi connectivity index (χ4v) is 3.14. The maximum atomic E-state index is 12.6. The van der Waals surface area contributed by atoms with Crippen molar-refractivity contribution in [3.05, 3.63) is 41.5 Å². The summed E-state index contributed by atoms with van der Waals surface area (Å²) in [6, 6.07) is 9.90. The Bertz CT molecular complexity index is 847. The van der Waals surface area contributed by atoms with Crippen molar-refractivity contribution >= 4 is 11.7 Å². The number of hydrogen-bond acceptors (Lipinski definition) is 5. The molecule has 0 atom stereocenters. The Balaban J connectivity index is 1.94. The molecular formula is C23H31N3O3. The van der Waals surface area contributed by atoms with E-state index in [0.717, 1.165) is 23.6 Å². The predicted octanol–water partition coefficient (Wildman–Crippen LogP) is 4.08. The van der Waals surface area contributed by atoms with Crippen LogP contribution in [0.1, 0.15) is 48.5 Å². The SMILES string of the molecule is COCCNC(=O)c1ccc(-c2cc(C(C)C)ccc2OC)nc1NCC1CC1. The number of nitrogens with zero attached hydrogens (tertiary/aromatic N) is 1. The quantitative estimate of drug-likeness (QED) is 0.591. The van der Waals surface area contributed by atoms with E-state index < -0.39 is 0 Å². The summed E-state index contributed by atoms with van der Waals surface area (Å²) in [6.07, 6.45) is 2.46. The first kappa shape index (κ1) is 21.1. The van der Waals surface area contributed by atoms with Gasteiger partial charge in [0.05, 0.1) is 25.0 Å². The van der Waals surface area contributed by atoms with Crippen LogP contribution in [-0.4, -0.2) is 44.8 Å². The number of benzene rings is 1. The third kappa shape index (κ3) is 5.48. The van der Waals surface area contributed by atoms with E-state index in [2.05, 4.69) is 36.6 Å². The molecule has 1 heterocycles. The van der Waals surface area contributed by atoms with E-state index in [1.54, 1.807) is 14.2 Å². The molecule has 3 rings (SSSR count). The number of nitrogens with one attached hydrogen (secondary N) is 2. The lowest BCUT2D eigenvalue weighted by Crippen LogP contribution is -2.28. The minimum Gasteiger partial charge on any atom is -0.496 e. The van der Waals surface area contributed by atoms with Gasteiger partial charge in [-0.05, 0) is 54.5 Å². The van der Waals surface area contributed by atoms with Crippen molar-refractivity contribution < 1.29 is 14.3 Å². The van der Waals surface area contributed by atoms with Crippen LogP contribution in [0.4, 0.5) is 5.82 Å². The Labute approximate surface area is 173 Å². The average Bonchev–Trinajstić information content (AvgIpc) is 3.56. The largest absolute Gasteiger partial charge is 0.496 e. The van der Waals surface area contributed by atoms with Crippen LogP contribution >= 0.6 is 0 Å². The molecule has 0 bridgehead atoms. The van der Waals surface area contributed by atoms with Crippen molar-refractivity contribution in [2.75, 3.05) is 39.2 Å². The molecule has 2 aromatic rings. The first-order valence-corrected chi connectivity index (χ1v) is 10.2. The molecule has 1 amide bonds. The number of anilines is 1. The highest BCUT2D eigenvalue weighted by molar-refractivity contribution is 5.99. The van der Waals surface area contributed by atoms with Gasteiger partial charge in [0.1, 0.15) is 11.6 Å². The van der Waals surface area contributed by atoms with Crippen LogP contribution in [-0.2, 0) is 4.74 Å². The first-order valence-electron chi connectivity index (χ1n) is 10.2. The number of hydrogen-bond donors (Lipinski definition) is 2. The molecule has 1 aliphatic rings. The molecule has 0 unspecified atom stereocenters. The lowest BCUT2D eigenvalue weighted by atomic mass is 9.98. The summed E-state index contributed by atoms with van der Waals surface area (Å²) in [7, 11) is 3.28. The molecule has 1 aromatic carbocycles. The summed E-state index contributed by atoms with van der Waals surface area (Å²) in [4.78, 5) is 17.5. The molecule has 6 nitrogen and oxygen atoms in total. The van der Waals surface area contributed by atoms with Gasteiger partial charge in [0, 0.05) is 25.8 Å². The Hall–Kier alpha value is -2.60. The second-order valence-corrected chi connectivity index (χ2v) is 7.78. The van der Waals surface area contributed by atoms with Gasteiger partial charge >= 0.3 is 0 Å². The molecule has 0 radical (unpaired) electrons. The number of aromatic nitrogens is 1. The number of pyridine rings is 1. The van der Waals surface area contributed by atoms with Gasteiger partial charge in [-0.15, -0.1) is 0 Å². The van der Waals surface area contributed by atoms with Crippen molar-refractivity contribution in [3.8, 4) is 17.0 Å². The Morgan fingerprint density at radius 2 is 2.00 bits per heavy atom. The minimum atomic E-state index is -0.151. The number of carbonyl (C=O) groups is 1. The molecule has 1 aromatic heterocycles. The van der Waals surface area contributed by atoms with E-state index in [1.165, 1.54) is 18.4 Å². The number of carbonyl (C=O) groups excluding carboxylic acids is 1.